The van der Waals surface area contributed by atoms with Crippen LogP contribution in [-0.2, 0) is 14.6 Å². The third-order valence-corrected chi connectivity index (χ3v) is 6.44. The van der Waals surface area contributed by atoms with Gasteiger partial charge in [0.25, 0.3) is 5.91 Å². The molecule has 6 nitrogen and oxygen atoms in total. The maximum atomic E-state index is 12.7. The van der Waals surface area contributed by atoms with Crippen molar-refractivity contribution in [1.82, 2.24) is 4.90 Å². The van der Waals surface area contributed by atoms with Gasteiger partial charge in [0.1, 0.15) is 0 Å². The molecular weight excluding hydrogens is 316 g/mol. The van der Waals surface area contributed by atoms with Gasteiger partial charge in [0.05, 0.1) is 15.7 Å². The Morgan fingerprint density at radius 2 is 1.74 bits per heavy atom. The van der Waals surface area contributed by atoms with Crippen LogP contribution < -0.4 is 5.73 Å². The topological polar surface area (TPSA) is 97.5 Å². The molecule has 2 amide bonds. The lowest BCUT2D eigenvalue weighted by Gasteiger charge is -2.31. The van der Waals surface area contributed by atoms with Gasteiger partial charge in [-0.2, -0.15) is 0 Å². The van der Waals surface area contributed by atoms with E-state index >= 15 is 0 Å². The summed E-state index contributed by atoms with van der Waals surface area (Å²) in [6, 6.07) is 6.28. The van der Waals surface area contributed by atoms with Crippen LogP contribution in [0.1, 0.15) is 37.0 Å². The van der Waals surface area contributed by atoms with Crippen molar-refractivity contribution in [3.63, 3.8) is 0 Å². The fourth-order valence-electron chi connectivity index (χ4n) is 2.68. The van der Waals surface area contributed by atoms with Crippen molar-refractivity contribution in [2.45, 2.75) is 36.8 Å². The van der Waals surface area contributed by atoms with E-state index in [1.807, 2.05) is 0 Å². The number of nitrogens with zero attached hydrogens (tertiary/aromatic N) is 1. The molecular formula is C16H22N2O4S. The molecule has 0 radical (unpaired) electrons. The van der Waals surface area contributed by atoms with Crippen molar-refractivity contribution in [3.8, 4) is 0 Å². The second-order valence-electron chi connectivity index (χ2n) is 6.06. The Morgan fingerprint density at radius 1 is 1.17 bits per heavy atom. The molecule has 1 aliphatic rings. The summed E-state index contributed by atoms with van der Waals surface area (Å²) < 4.78 is 24.9. The summed E-state index contributed by atoms with van der Waals surface area (Å²) in [5, 5.41) is -0.600. The Hall–Kier alpha value is -1.89. The number of primary amides is 1. The smallest absolute Gasteiger partial charge is 0.255 e. The van der Waals surface area contributed by atoms with E-state index in [1.54, 1.807) is 30.9 Å². The molecule has 1 aromatic carbocycles. The summed E-state index contributed by atoms with van der Waals surface area (Å²) >= 11 is 0. The van der Waals surface area contributed by atoms with Crippen LogP contribution in [-0.4, -0.2) is 43.5 Å². The van der Waals surface area contributed by atoms with E-state index in [0.717, 1.165) is 0 Å². The summed E-state index contributed by atoms with van der Waals surface area (Å²) in [6.45, 7) is 3.99. The Bertz CT molecular complexity index is 705. The molecule has 0 bridgehead atoms. The lowest BCUT2D eigenvalue weighted by Crippen LogP contribution is -2.42. The number of piperidine rings is 1. The highest BCUT2D eigenvalue weighted by Crippen LogP contribution is 2.24. The van der Waals surface area contributed by atoms with Gasteiger partial charge in [-0.3, -0.25) is 9.59 Å². The number of nitrogens with two attached hydrogens (primary N) is 1. The summed E-state index contributed by atoms with van der Waals surface area (Å²) in [6.07, 6.45) is 1.03. The zero-order chi connectivity index (χ0) is 17.2. The van der Waals surface area contributed by atoms with Gasteiger partial charge in [-0.1, -0.05) is 12.1 Å². The molecule has 2 N–H and O–H groups in total. The molecule has 7 heteroatoms. The van der Waals surface area contributed by atoms with Crippen molar-refractivity contribution in [3.05, 3.63) is 29.8 Å². The second kappa shape index (κ2) is 6.70. The molecule has 2 rings (SSSR count). The quantitative estimate of drug-likeness (QED) is 0.892. The van der Waals surface area contributed by atoms with Crippen molar-refractivity contribution in [1.29, 1.82) is 0 Å². The molecule has 0 aromatic heterocycles. The number of sulfone groups is 1. The van der Waals surface area contributed by atoms with Crippen LogP contribution in [0, 0.1) is 5.92 Å². The fraction of sp³-hybridized carbons (Fsp3) is 0.500. The SMILES string of the molecule is CC(C)S(=O)(=O)c1ccccc1C(=O)N1CCC(C(N)=O)CC1. The van der Waals surface area contributed by atoms with Crippen LogP contribution in [0.5, 0.6) is 0 Å². The summed E-state index contributed by atoms with van der Waals surface area (Å²) in [7, 11) is -3.54. The Kier molecular flexibility index (Phi) is 5.09. The molecule has 1 heterocycles. The predicted octanol–water partition coefficient (Wildman–Crippen LogP) is 1.21. The van der Waals surface area contributed by atoms with E-state index < -0.39 is 15.1 Å². The van der Waals surface area contributed by atoms with Gasteiger partial charge in [-0.15, -0.1) is 0 Å². The summed E-state index contributed by atoms with van der Waals surface area (Å²) in [5.74, 6) is -0.874. The lowest BCUT2D eigenvalue weighted by atomic mass is 9.96. The zero-order valence-electron chi connectivity index (χ0n) is 13.4. The third-order valence-electron chi connectivity index (χ3n) is 4.23. The molecule has 1 saturated heterocycles. The highest BCUT2D eigenvalue weighted by Gasteiger charge is 2.30. The predicted molar refractivity (Wildman–Crippen MR) is 86.6 cm³/mol. The van der Waals surface area contributed by atoms with Crippen LogP contribution in [0.15, 0.2) is 29.2 Å². The average Bonchev–Trinajstić information content (AvgIpc) is 2.54. The van der Waals surface area contributed by atoms with Gasteiger partial charge in [0.2, 0.25) is 5.91 Å². The van der Waals surface area contributed by atoms with Gasteiger partial charge in [0, 0.05) is 19.0 Å². The molecule has 1 fully saturated rings. The Morgan fingerprint density at radius 3 is 2.26 bits per heavy atom. The number of hydrogen-bond acceptors (Lipinski definition) is 4. The minimum atomic E-state index is -3.54. The second-order valence-corrected chi connectivity index (χ2v) is 8.53. The first-order valence-electron chi connectivity index (χ1n) is 7.66. The van der Waals surface area contributed by atoms with Crippen molar-refractivity contribution in [2.24, 2.45) is 11.7 Å². The van der Waals surface area contributed by atoms with Crippen LogP contribution in [0.4, 0.5) is 0 Å². The lowest BCUT2D eigenvalue weighted by molar-refractivity contribution is -0.123. The highest BCUT2D eigenvalue weighted by atomic mass is 32.2. The van der Waals surface area contributed by atoms with Gasteiger partial charge in [-0.25, -0.2) is 8.42 Å². The van der Waals surface area contributed by atoms with Crippen molar-refractivity contribution >= 4 is 21.7 Å². The first-order chi connectivity index (χ1) is 10.7. The normalized spacial score (nSPS) is 16.6. The van der Waals surface area contributed by atoms with E-state index in [0.29, 0.717) is 25.9 Å². The van der Waals surface area contributed by atoms with Gasteiger partial charge >= 0.3 is 0 Å². The maximum Gasteiger partial charge on any atom is 0.255 e. The van der Waals surface area contributed by atoms with Gasteiger partial charge in [0.15, 0.2) is 9.84 Å². The molecule has 1 aliphatic heterocycles. The van der Waals surface area contributed by atoms with Gasteiger partial charge in [-0.05, 0) is 38.8 Å². The molecule has 0 unspecified atom stereocenters. The molecule has 0 atom stereocenters. The first-order valence-corrected chi connectivity index (χ1v) is 9.21. The van der Waals surface area contributed by atoms with E-state index in [2.05, 4.69) is 0 Å². The molecule has 126 valence electrons. The molecule has 0 saturated carbocycles. The maximum absolute atomic E-state index is 12.7. The van der Waals surface area contributed by atoms with Crippen LogP contribution >= 0.6 is 0 Å². The summed E-state index contributed by atoms with van der Waals surface area (Å²) in [5.41, 5.74) is 5.49. The fourth-order valence-corrected chi connectivity index (χ4v) is 3.92. The number of rotatable bonds is 4. The van der Waals surface area contributed by atoms with Gasteiger partial charge < -0.3 is 10.6 Å². The van der Waals surface area contributed by atoms with E-state index in [-0.39, 0.29) is 28.2 Å². The van der Waals surface area contributed by atoms with E-state index in [4.69, 9.17) is 5.73 Å². The summed E-state index contributed by atoms with van der Waals surface area (Å²) in [4.78, 5) is 25.6. The number of likely N-dealkylation sites (tertiary alicyclic amines) is 1. The Labute approximate surface area is 136 Å². The Balaban J connectivity index is 2.27. The van der Waals surface area contributed by atoms with Crippen LogP contribution in [0.25, 0.3) is 0 Å². The third kappa shape index (κ3) is 3.55. The number of amides is 2. The van der Waals surface area contributed by atoms with Crippen LogP contribution in [0.2, 0.25) is 0 Å². The molecule has 0 aliphatic carbocycles. The minimum Gasteiger partial charge on any atom is -0.369 e. The van der Waals surface area contributed by atoms with Crippen molar-refractivity contribution < 1.29 is 18.0 Å². The number of carbonyl (C=O) groups excluding carboxylic acids is 2. The standard InChI is InChI=1S/C16H22N2O4S/c1-11(2)23(21,22)14-6-4-3-5-13(14)16(20)18-9-7-12(8-10-18)15(17)19/h3-6,11-12H,7-10H2,1-2H3,(H2,17,19). The first kappa shape index (κ1) is 17.5. The van der Waals surface area contributed by atoms with Crippen LogP contribution in [0.3, 0.4) is 0 Å². The molecule has 0 spiro atoms. The number of hydrogen-bond donors (Lipinski definition) is 1. The molecule has 1 aromatic rings. The van der Waals surface area contributed by atoms with E-state index in [1.165, 1.54) is 12.1 Å². The molecule has 23 heavy (non-hydrogen) atoms. The number of benzene rings is 1. The minimum absolute atomic E-state index is 0.0667. The highest BCUT2D eigenvalue weighted by molar-refractivity contribution is 7.92. The monoisotopic (exact) mass is 338 g/mol. The van der Waals surface area contributed by atoms with Crippen molar-refractivity contribution in [2.75, 3.05) is 13.1 Å². The zero-order valence-corrected chi connectivity index (χ0v) is 14.2. The van der Waals surface area contributed by atoms with E-state index in [9.17, 15) is 18.0 Å². The largest absolute Gasteiger partial charge is 0.369 e. The number of carbonyl (C=O) groups is 2. The average molecular weight is 338 g/mol.